The van der Waals surface area contributed by atoms with E-state index in [0.717, 1.165) is 12.8 Å². The zero-order valence-corrected chi connectivity index (χ0v) is 15.6. The third-order valence-electron chi connectivity index (χ3n) is 2.96. The SMILES string of the molecule is CC(C)(C)NC(N)=NCCS(=O)(=O)NCC1CCC1.I. The minimum atomic E-state index is -3.23. The minimum Gasteiger partial charge on any atom is -0.370 e. The molecule has 0 saturated heterocycles. The summed E-state index contributed by atoms with van der Waals surface area (Å²) in [7, 11) is -3.23. The number of nitrogens with zero attached hydrogens (tertiary/aromatic N) is 1. The van der Waals surface area contributed by atoms with Crippen molar-refractivity contribution in [3.63, 3.8) is 0 Å². The molecule has 0 unspecified atom stereocenters. The van der Waals surface area contributed by atoms with Crippen LogP contribution in [0, 0.1) is 5.92 Å². The first kappa shape index (κ1) is 19.9. The van der Waals surface area contributed by atoms with Gasteiger partial charge in [0.05, 0.1) is 12.3 Å². The zero-order valence-electron chi connectivity index (χ0n) is 12.5. The highest BCUT2D eigenvalue weighted by Crippen LogP contribution is 2.25. The maximum atomic E-state index is 11.7. The summed E-state index contributed by atoms with van der Waals surface area (Å²) in [4.78, 5) is 4.02. The van der Waals surface area contributed by atoms with Crippen LogP contribution in [-0.4, -0.2) is 38.8 Å². The monoisotopic (exact) mass is 418 g/mol. The van der Waals surface area contributed by atoms with Gasteiger partial charge in [0.2, 0.25) is 10.0 Å². The number of hydrogen-bond donors (Lipinski definition) is 3. The normalized spacial score (nSPS) is 17.2. The lowest BCUT2D eigenvalue weighted by Crippen LogP contribution is -2.45. The van der Waals surface area contributed by atoms with Crippen LogP contribution in [0.1, 0.15) is 40.0 Å². The molecule has 20 heavy (non-hydrogen) atoms. The van der Waals surface area contributed by atoms with Gasteiger partial charge in [-0.1, -0.05) is 6.42 Å². The van der Waals surface area contributed by atoms with Crippen LogP contribution in [0.2, 0.25) is 0 Å². The standard InChI is InChI=1S/C12H26N4O2S.HI/c1-12(2,3)16-11(13)14-7-8-19(17,18)15-9-10-5-4-6-10;/h10,15H,4-9H2,1-3H3,(H3,13,14,16);1H. The molecule has 0 aliphatic heterocycles. The molecule has 0 amide bonds. The minimum absolute atomic E-state index is 0. The van der Waals surface area contributed by atoms with E-state index in [1.54, 1.807) is 0 Å². The van der Waals surface area contributed by atoms with Crippen LogP contribution in [0.3, 0.4) is 0 Å². The molecule has 4 N–H and O–H groups in total. The van der Waals surface area contributed by atoms with Crippen LogP contribution >= 0.6 is 24.0 Å². The zero-order chi connectivity index (χ0) is 14.5. The Morgan fingerprint density at radius 2 is 1.95 bits per heavy atom. The van der Waals surface area contributed by atoms with Gasteiger partial charge in [0.15, 0.2) is 5.96 Å². The summed E-state index contributed by atoms with van der Waals surface area (Å²) in [6.07, 6.45) is 3.47. The van der Waals surface area contributed by atoms with Gasteiger partial charge in [0.1, 0.15) is 0 Å². The molecule has 1 fully saturated rings. The third kappa shape index (κ3) is 8.96. The molecule has 0 heterocycles. The van der Waals surface area contributed by atoms with Crippen LogP contribution in [0.15, 0.2) is 4.99 Å². The van der Waals surface area contributed by atoms with E-state index in [1.165, 1.54) is 6.42 Å². The van der Waals surface area contributed by atoms with Crippen molar-refractivity contribution in [2.45, 2.75) is 45.6 Å². The van der Waals surface area contributed by atoms with E-state index in [9.17, 15) is 8.42 Å². The largest absolute Gasteiger partial charge is 0.370 e. The second-order valence-corrected chi connectivity index (χ2v) is 8.03. The van der Waals surface area contributed by atoms with Crippen molar-refractivity contribution in [2.24, 2.45) is 16.6 Å². The second kappa shape index (κ2) is 8.38. The first-order valence-electron chi connectivity index (χ1n) is 6.73. The Labute approximate surface area is 139 Å². The molecule has 1 aliphatic rings. The number of hydrogen-bond acceptors (Lipinski definition) is 3. The van der Waals surface area contributed by atoms with Gasteiger partial charge in [-0.3, -0.25) is 4.99 Å². The van der Waals surface area contributed by atoms with Crippen LogP contribution < -0.4 is 15.8 Å². The Kier molecular flexibility index (Phi) is 8.34. The second-order valence-electron chi connectivity index (χ2n) is 6.11. The molecule has 1 aliphatic carbocycles. The van der Waals surface area contributed by atoms with Gasteiger partial charge in [-0.15, -0.1) is 24.0 Å². The molecule has 0 bridgehead atoms. The van der Waals surface area contributed by atoms with Gasteiger partial charge in [0.25, 0.3) is 0 Å². The number of nitrogens with one attached hydrogen (secondary N) is 2. The molecule has 0 aromatic rings. The van der Waals surface area contributed by atoms with E-state index < -0.39 is 10.0 Å². The van der Waals surface area contributed by atoms with Crippen molar-refractivity contribution in [1.82, 2.24) is 10.0 Å². The quantitative estimate of drug-likeness (QED) is 0.341. The molecule has 0 aromatic carbocycles. The van der Waals surface area contributed by atoms with E-state index in [4.69, 9.17) is 5.73 Å². The van der Waals surface area contributed by atoms with Crippen molar-refractivity contribution in [3.05, 3.63) is 0 Å². The Hall–Kier alpha value is -0.0900. The van der Waals surface area contributed by atoms with Crippen molar-refractivity contribution in [2.75, 3.05) is 18.8 Å². The number of halogens is 1. The Morgan fingerprint density at radius 1 is 1.35 bits per heavy atom. The molecular formula is C12H27IN4O2S. The van der Waals surface area contributed by atoms with Crippen LogP contribution in [0.4, 0.5) is 0 Å². The maximum absolute atomic E-state index is 11.7. The molecule has 1 rings (SSSR count). The first-order chi connectivity index (χ1) is 8.68. The molecular weight excluding hydrogens is 391 g/mol. The fourth-order valence-corrected chi connectivity index (χ4v) is 2.69. The van der Waals surface area contributed by atoms with Gasteiger partial charge in [-0.25, -0.2) is 13.1 Å². The van der Waals surface area contributed by atoms with Gasteiger partial charge in [-0.2, -0.15) is 0 Å². The van der Waals surface area contributed by atoms with Gasteiger partial charge >= 0.3 is 0 Å². The van der Waals surface area contributed by atoms with E-state index in [1.807, 2.05) is 20.8 Å². The lowest BCUT2D eigenvalue weighted by molar-refractivity contribution is 0.316. The Bertz CT molecular complexity index is 414. The highest BCUT2D eigenvalue weighted by atomic mass is 127. The fraction of sp³-hybridized carbons (Fsp3) is 0.917. The van der Waals surface area contributed by atoms with E-state index in [-0.39, 0.29) is 47.8 Å². The van der Waals surface area contributed by atoms with Crippen molar-refractivity contribution in [1.29, 1.82) is 0 Å². The fourth-order valence-electron chi connectivity index (χ4n) is 1.72. The predicted molar refractivity (Wildman–Crippen MR) is 93.9 cm³/mol. The molecule has 0 aromatic heterocycles. The number of aliphatic imine (C=N–C) groups is 1. The maximum Gasteiger partial charge on any atom is 0.213 e. The Morgan fingerprint density at radius 3 is 2.40 bits per heavy atom. The molecule has 1 saturated carbocycles. The van der Waals surface area contributed by atoms with Crippen molar-refractivity contribution in [3.8, 4) is 0 Å². The van der Waals surface area contributed by atoms with Crippen LogP contribution in [0.5, 0.6) is 0 Å². The predicted octanol–water partition coefficient (Wildman–Crippen LogP) is 1.03. The highest BCUT2D eigenvalue weighted by molar-refractivity contribution is 14.0. The molecule has 6 nitrogen and oxygen atoms in total. The lowest BCUT2D eigenvalue weighted by Gasteiger charge is -2.25. The molecule has 0 spiro atoms. The number of rotatable bonds is 6. The lowest BCUT2D eigenvalue weighted by atomic mass is 9.86. The average molecular weight is 418 g/mol. The van der Waals surface area contributed by atoms with E-state index >= 15 is 0 Å². The van der Waals surface area contributed by atoms with E-state index in [2.05, 4.69) is 15.0 Å². The number of sulfonamides is 1. The van der Waals surface area contributed by atoms with Gasteiger partial charge in [-0.05, 0) is 39.5 Å². The summed E-state index contributed by atoms with van der Waals surface area (Å²) in [5.41, 5.74) is 5.49. The molecule has 8 heteroatoms. The smallest absolute Gasteiger partial charge is 0.213 e. The topological polar surface area (TPSA) is 96.6 Å². The van der Waals surface area contributed by atoms with Gasteiger partial charge in [0, 0.05) is 12.1 Å². The first-order valence-corrected chi connectivity index (χ1v) is 8.39. The van der Waals surface area contributed by atoms with Crippen molar-refractivity contribution >= 4 is 40.0 Å². The van der Waals surface area contributed by atoms with Crippen LogP contribution in [0.25, 0.3) is 0 Å². The summed E-state index contributed by atoms with van der Waals surface area (Å²) < 4.78 is 26.0. The molecule has 0 radical (unpaired) electrons. The average Bonchev–Trinajstić information content (AvgIpc) is 2.11. The Balaban J connectivity index is 0.00000361. The van der Waals surface area contributed by atoms with E-state index in [0.29, 0.717) is 12.5 Å². The summed E-state index contributed by atoms with van der Waals surface area (Å²) in [6, 6.07) is 0. The van der Waals surface area contributed by atoms with Crippen molar-refractivity contribution < 1.29 is 8.42 Å². The summed E-state index contributed by atoms with van der Waals surface area (Å²) in [5.74, 6) is 0.777. The van der Waals surface area contributed by atoms with Gasteiger partial charge < -0.3 is 11.1 Å². The number of guanidine groups is 1. The summed E-state index contributed by atoms with van der Waals surface area (Å²) in [5, 5.41) is 2.99. The highest BCUT2D eigenvalue weighted by Gasteiger charge is 2.20. The summed E-state index contributed by atoms with van der Waals surface area (Å²) >= 11 is 0. The molecule has 120 valence electrons. The summed E-state index contributed by atoms with van der Waals surface area (Å²) in [6.45, 7) is 6.63. The molecule has 0 atom stereocenters. The number of nitrogens with two attached hydrogens (primary N) is 1. The van der Waals surface area contributed by atoms with Crippen LogP contribution in [-0.2, 0) is 10.0 Å². The third-order valence-corrected chi connectivity index (χ3v) is 4.29.